The molecule has 0 radical (unpaired) electrons. The van der Waals surface area contributed by atoms with E-state index in [9.17, 15) is 4.39 Å². The van der Waals surface area contributed by atoms with Gasteiger partial charge in [0.15, 0.2) is 0 Å². The van der Waals surface area contributed by atoms with Gasteiger partial charge < -0.3 is 10.3 Å². The molecular formula is C16H13FN4. The Balaban J connectivity index is 2.21. The molecular weight excluding hydrogens is 267 g/mol. The maximum absolute atomic E-state index is 13.4. The summed E-state index contributed by atoms with van der Waals surface area (Å²) in [6.45, 7) is 1.92. The Morgan fingerprint density at radius 3 is 2.76 bits per heavy atom. The number of hydrogen-bond acceptors (Lipinski definition) is 3. The van der Waals surface area contributed by atoms with E-state index in [0.717, 1.165) is 11.1 Å². The molecule has 0 amide bonds. The molecule has 104 valence electrons. The molecule has 1 heterocycles. The molecule has 1 unspecified atom stereocenters. The van der Waals surface area contributed by atoms with Crippen molar-refractivity contribution in [3.63, 3.8) is 0 Å². The number of nitriles is 1. The summed E-state index contributed by atoms with van der Waals surface area (Å²) in [5, 5.41) is 9.14. The van der Waals surface area contributed by atoms with Crippen LogP contribution in [0.15, 0.2) is 42.5 Å². The van der Waals surface area contributed by atoms with E-state index >= 15 is 0 Å². The monoisotopic (exact) mass is 280 g/mol. The summed E-state index contributed by atoms with van der Waals surface area (Å²) >= 11 is 0. The summed E-state index contributed by atoms with van der Waals surface area (Å²) in [6, 6.07) is 13.7. The SMILES string of the molecule is CC(c1cccc(F)c1)n1c(N)nc2c(C#N)cccc21. The van der Waals surface area contributed by atoms with E-state index in [1.54, 1.807) is 18.2 Å². The molecule has 2 aromatic carbocycles. The average molecular weight is 280 g/mol. The predicted molar refractivity (Wildman–Crippen MR) is 79.1 cm³/mol. The summed E-state index contributed by atoms with van der Waals surface area (Å²) < 4.78 is 15.2. The van der Waals surface area contributed by atoms with Crippen LogP contribution in [-0.2, 0) is 0 Å². The summed E-state index contributed by atoms with van der Waals surface area (Å²) in [4.78, 5) is 4.28. The molecule has 0 saturated heterocycles. The number of para-hydroxylation sites is 1. The van der Waals surface area contributed by atoms with Crippen molar-refractivity contribution in [1.29, 1.82) is 5.26 Å². The topological polar surface area (TPSA) is 67.6 Å². The molecule has 3 aromatic rings. The van der Waals surface area contributed by atoms with Crippen LogP contribution in [0.4, 0.5) is 10.3 Å². The van der Waals surface area contributed by atoms with Crippen molar-refractivity contribution in [3.8, 4) is 6.07 Å². The molecule has 0 aliphatic carbocycles. The van der Waals surface area contributed by atoms with E-state index in [1.165, 1.54) is 12.1 Å². The van der Waals surface area contributed by atoms with Gasteiger partial charge in [-0.2, -0.15) is 5.26 Å². The fraction of sp³-hybridized carbons (Fsp3) is 0.125. The Morgan fingerprint density at radius 2 is 2.05 bits per heavy atom. The Kier molecular flexibility index (Phi) is 3.07. The van der Waals surface area contributed by atoms with Crippen molar-refractivity contribution in [2.45, 2.75) is 13.0 Å². The lowest BCUT2D eigenvalue weighted by Crippen LogP contribution is -2.10. The number of nitrogens with two attached hydrogens (primary N) is 1. The van der Waals surface area contributed by atoms with Crippen molar-refractivity contribution < 1.29 is 4.39 Å². The van der Waals surface area contributed by atoms with E-state index < -0.39 is 0 Å². The summed E-state index contributed by atoms with van der Waals surface area (Å²) in [6.07, 6.45) is 0. The van der Waals surface area contributed by atoms with Crippen molar-refractivity contribution in [3.05, 3.63) is 59.4 Å². The molecule has 0 bridgehead atoms. The third-order valence-electron chi connectivity index (χ3n) is 3.59. The maximum atomic E-state index is 13.4. The first kappa shape index (κ1) is 13.1. The molecule has 1 atom stereocenters. The Morgan fingerprint density at radius 1 is 1.29 bits per heavy atom. The minimum absolute atomic E-state index is 0.181. The van der Waals surface area contributed by atoms with Crippen LogP contribution in [0.3, 0.4) is 0 Å². The lowest BCUT2D eigenvalue weighted by atomic mass is 10.1. The first-order valence-corrected chi connectivity index (χ1v) is 6.54. The number of fused-ring (bicyclic) bond motifs is 1. The van der Waals surface area contributed by atoms with Gasteiger partial charge in [-0.15, -0.1) is 0 Å². The summed E-state index contributed by atoms with van der Waals surface area (Å²) in [5.74, 6) is 0.0181. The molecule has 0 spiro atoms. The van der Waals surface area contributed by atoms with Gasteiger partial charge in [-0.25, -0.2) is 9.37 Å². The third kappa shape index (κ3) is 2.11. The minimum Gasteiger partial charge on any atom is -0.369 e. The summed E-state index contributed by atoms with van der Waals surface area (Å²) in [5.41, 5.74) is 8.61. The van der Waals surface area contributed by atoms with Crippen LogP contribution in [0.25, 0.3) is 11.0 Å². The van der Waals surface area contributed by atoms with Gasteiger partial charge in [-0.1, -0.05) is 18.2 Å². The third-order valence-corrected chi connectivity index (χ3v) is 3.59. The van der Waals surface area contributed by atoms with Crippen LogP contribution in [0.1, 0.15) is 24.1 Å². The van der Waals surface area contributed by atoms with Crippen LogP contribution in [0.5, 0.6) is 0 Å². The van der Waals surface area contributed by atoms with Gasteiger partial charge in [0.25, 0.3) is 0 Å². The molecule has 1 aromatic heterocycles. The number of hydrogen-bond donors (Lipinski definition) is 1. The molecule has 0 aliphatic heterocycles. The zero-order valence-electron chi connectivity index (χ0n) is 11.4. The fourth-order valence-corrected chi connectivity index (χ4v) is 2.55. The number of anilines is 1. The second-order valence-corrected chi connectivity index (χ2v) is 4.86. The van der Waals surface area contributed by atoms with Crippen LogP contribution >= 0.6 is 0 Å². The average Bonchev–Trinajstić information content (AvgIpc) is 2.82. The quantitative estimate of drug-likeness (QED) is 0.783. The first-order valence-electron chi connectivity index (χ1n) is 6.54. The van der Waals surface area contributed by atoms with Gasteiger partial charge in [0, 0.05) is 0 Å². The Bertz CT molecular complexity index is 860. The Hall–Kier alpha value is -2.87. The van der Waals surface area contributed by atoms with Gasteiger partial charge in [0.2, 0.25) is 5.95 Å². The van der Waals surface area contributed by atoms with E-state index in [2.05, 4.69) is 11.1 Å². The first-order chi connectivity index (χ1) is 10.1. The zero-order valence-corrected chi connectivity index (χ0v) is 11.4. The second-order valence-electron chi connectivity index (χ2n) is 4.86. The highest BCUT2D eigenvalue weighted by molar-refractivity contribution is 5.84. The zero-order chi connectivity index (χ0) is 15.0. The van der Waals surface area contributed by atoms with Crippen LogP contribution in [0.2, 0.25) is 0 Å². The van der Waals surface area contributed by atoms with E-state index in [1.807, 2.05) is 23.6 Å². The maximum Gasteiger partial charge on any atom is 0.201 e. The van der Waals surface area contributed by atoms with Gasteiger partial charge in [-0.3, -0.25) is 0 Å². The second kappa shape index (κ2) is 4.91. The molecule has 5 heteroatoms. The van der Waals surface area contributed by atoms with Gasteiger partial charge in [0.1, 0.15) is 17.4 Å². The number of aromatic nitrogens is 2. The lowest BCUT2D eigenvalue weighted by molar-refractivity contribution is 0.612. The van der Waals surface area contributed by atoms with Gasteiger partial charge in [0.05, 0.1) is 17.1 Å². The van der Waals surface area contributed by atoms with E-state index in [0.29, 0.717) is 17.0 Å². The Labute approximate surface area is 121 Å². The lowest BCUT2D eigenvalue weighted by Gasteiger charge is -2.16. The molecule has 0 saturated carbocycles. The van der Waals surface area contributed by atoms with Crippen LogP contribution in [-0.4, -0.2) is 9.55 Å². The number of nitrogens with zero attached hydrogens (tertiary/aromatic N) is 3. The molecule has 2 N–H and O–H groups in total. The number of rotatable bonds is 2. The van der Waals surface area contributed by atoms with Crippen LogP contribution < -0.4 is 5.73 Å². The number of imidazole rings is 1. The van der Waals surface area contributed by atoms with E-state index in [-0.39, 0.29) is 11.9 Å². The highest BCUT2D eigenvalue weighted by Gasteiger charge is 2.17. The van der Waals surface area contributed by atoms with Gasteiger partial charge >= 0.3 is 0 Å². The fourth-order valence-electron chi connectivity index (χ4n) is 2.55. The minimum atomic E-state index is -0.292. The van der Waals surface area contributed by atoms with Crippen molar-refractivity contribution in [1.82, 2.24) is 9.55 Å². The summed E-state index contributed by atoms with van der Waals surface area (Å²) in [7, 11) is 0. The van der Waals surface area contributed by atoms with Crippen LogP contribution in [0, 0.1) is 17.1 Å². The number of nitrogen functional groups attached to an aromatic ring is 1. The van der Waals surface area contributed by atoms with Crippen molar-refractivity contribution in [2.24, 2.45) is 0 Å². The normalized spacial score (nSPS) is 12.2. The highest BCUT2D eigenvalue weighted by Crippen LogP contribution is 2.28. The molecule has 0 aliphatic rings. The van der Waals surface area contributed by atoms with Gasteiger partial charge in [-0.05, 0) is 36.8 Å². The molecule has 21 heavy (non-hydrogen) atoms. The molecule has 3 rings (SSSR count). The highest BCUT2D eigenvalue weighted by atomic mass is 19.1. The standard InChI is InChI=1S/C16H13FN4/c1-10(11-4-2-6-13(17)8-11)21-14-7-3-5-12(9-18)15(14)20-16(21)19/h2-8,10H,1H3,(H2,19,20). The smallest absolute Gasteiger partial charge is 0.201 e. The largest absolute Gasteiger partial charge is 0.369 e. The number of benzene rings is 2. The van der Waals surface area contributed by atoms with E-state index in [4.69, 9.17) is 11.0 Å². The number of halogens is 1. The van der Waals surface area contributed by atoms with Crippen molar-refractivity contribution >= 4 is 17.0 Å². The molecule has 0 fully saturated rings. The molecule has 4 nitrogen and oxygen atoms in total. The predicted octanol–water partition coefficient (Wildman–Crippen LogP) is 3.24. The van der Waals surface area contributed by atoms with Crippen molar-refractivity contribution in [2.75, 3.05) is 5.73 Å².